The van der Waals surface area contributed by atoms with Crippen molar-refractivity contribution in [1.82, 2.24) is 4.98 Å². The predicted molar refractivity (Wildman–Crippen MR) is 69.6 cm³/mol. The number of hydrogen-bond acceptors (Lipinski definition) is 2. The SMILES string of the molecule is CC(C)(C)C1CCc2nc(Cl)c(C=O)cc2C1. The topological polar surface area (TPSA) is 30.0 Å². The van der Waals surface area contributed by atoms with Gasteiger partial charge in [-0.05, 0) is 42.2 Å². The smallest absolute Gasteiger partial charge is 0.153 e. The van der Waals surface area contributed by atoms with E-state index in [1.54, 1.807) is 0 Å². The van der Waals surface area contributed by atoms with E-state index in [1.165, 1.54) is 5.56 Å². The minimum absolute atomic E-state index is 0.304. The van der Waals surface area contributed by atoms with E-state index in [4.69, 9.17) is 11.6 Å². The molecule has 3 heteroatoms. The number of fused-ring (bicyclic) bond motifs is 1. The summed E-state index contributed by atoms with van der Waals surface area (Å²) in [5.74, 6) is 0.650. The fourth-order valence-electron chi connectivity index (χ4n) is 2.48. The van der Waals surface area contributed by atoms with E-state index < -0.39 is 0 Å². The Morgan fingerprint density at radius 2 is 2.18 bits per heavy atom. The number of carbonyl (C=O) groups excluding carboxylic acids is 1. The highest BCUT2D eigenvalue weighted by molar-refractivity contribution is 6.31. The van der Waals surface area contributed by atoms with Gasteiger partial charge in [-0.15, -0.1) is 0 Å². The monoisotopic (exact) mass is 251 g/mol. The van der Waals surface area contributed by atoms with E-state index in [0.717, 1.165) is 31.2 Å². The highest BCUT2D eigenvalue weighted by Crippen LogP contribution is 2.37. The van der Waals surface area contributed by atoms with Crippen molar-refractivity contribution in [2.75, 3.05) is 0 Å². The summed E-state index contributed by atoms with van der Waals surface area (Å²) in [6.07, 6.45) is 3.91. The zero-order chi connectivity index (χ0) is 12.6. The lowest BCUT2D eigenvalue weighted by molar-refractivity contribution is 0.112. The Morgan fingerprint density at radius 1 is 1.47 bits per heavy atom. The number of aromatic nitrogens is 1. The van der Waals surface area contributed by atoms with Crippen molar-refractivity contribution >= 4 is 17.9 Å². The van der Waals surface area contributed by atoms with Crippen molar-refractivity contribution in [3.8, 4) is 0 Å². The lowest BCUT2D eigenvalue weighted by Gasteiger charge is -2.34. The highest BCUT2D eigenvalue weighted by Gasteiger charge is 2.29. The summed E-state index contributed by atoms with van der Waals surface area (Å²) in [5, 5.41) is 0.341. The average molecular weight is 252 g/mol. The molecule has 1 aromatic rings. The molecule has 2 rings (SSSR count). The minimum Gasteiger partial charge on any atom is -0.298 e. The van der Waals surface area contributed by atoms with Gasteiger partial charge in [0.2, 0.25) is 0 Å². The molecular weight excluding hydrogens is 234 g/mol. The van der Waals surface area contributed by atoms with Crippen LogP contribution in [0, 0.1) is 11.3 Å². The number of hydrogen-bond donors (Lipinski definition) is 0. The largest absolute Gasteiger partial charge is 0.298 e. The van der Waals surface area contributed by atoms with Crippen molar-refractivity contribution in [3.63, 3.8) is 0 Å². The Bertz CT molecular complexity index is 448. The van der Waals surface area contributed by atoms with Crippen LogP contribution in [0.15, 0.2) is 6.07 Å². The molecule has 0 spiro atoms. The Kier molecular flexibility index (Phi) is 3.26. The Morgan fingerprint density at radius 3 is 2.76 bits per heavy atom. The lowest BCUT2D eigenvalue weighted by Crippen LogP contribution is -2.27. The summed E-state index contributed by atoms with van der Waals surface area (Å²) in [5.41, 5.74) is 3.09. The van der Waals surface area contributed by atoms with Gasteiger partial charge in [-0.1, -0.05) is 32.4 Å². The molecule has 0 aliphatic heterocycles. The molecule has 0 bridgehead atoms. The third-order valence-electron chi connectivity index (χ3n) is 3.72. The third-order valence-corrected chi connectivity index (χ3v) is 4.02. The molecule has 1 aromatic heterocycles. The fourth-order valence-corrected chi connectivity index (χ4v) is 2.68. The molecule has 1 unspecified atom stereocenters. The molecular formula is C14H18ClNO. The number of carbonyl (C=O) groups is 1. The number of rotatable bonds is 1. The van der Waals surface area contributed by atoms with Crippen LogP contribution in [0.5, 0.6) is 0 Å². The molecule has 1 aliphatic carbocycles. The molecule has 0 saturated heterocycles. The molecule has 0 radical (unpaired) electrons. The Balaban J connectivity index is 2.34. The van der Waals surface area contributed by atoms with Gasteiger partial charge in [0.1, 0.15) is 5.15 Å². The summed E-state index contributed by atoms with van der Waals surface area (Å²) >= 11 is 5.95. The van der Waals surface area contributed by atoms with Gasteiger partial charge >= 0.3 is 0 Å². The first-order chi connectivity index (χ1) is 7.91. The molecule has 1 atom stereocenters. The molecule has 0 aromatic carbocycles. The zero-order valence-corrected chi connectivity index (χ0v) is 11.3. The summed E-state index contributed by atoms with van der Waals surface area (Å²) in [6, 6.07) is 1.91. The van der Waals surface area contributed by atoms with Gasteiger partial charge in [-0.2, -0.15) is 0 Å². The van der Waals surface area contributed by atoms with Crippen LogP contribution < -0.4 is 0 Å². The summed E-state index contributed by atoms with van der Waals surface area (Å²) in [7, 11) is 0. The van der Waals surface area contributed by atoms with Crippen molar-refractivity contribution in [3.05, 3.63) is 28.0 Å². The lowest BCUT2D eigenvalue weighted by atomic mass is 9.71. The van der Waals surface area contributed by atoms with Crippen molar-refractivity contribution in [1.29, 1.82) is 0 Å². The van der Waals surface area contributed by atoms with E-state index in [9.17, 15) is 4.79 Å². The van der Waals surface area contributed by atoms with Crippen molar-refractivity contribution < 1.29 is 4.79 Å². The van der Waals surface area contributed by atoms with E-state index >= 15 is 0 Å². The van der Waals surface area contributed by atoms with Gasteiger partial charge in [-0.3, -0.25) is 4.79 Å². The maximum Gasteiger partial charge on any atom is 0.153 e. The molecule has 1 heterocycles. The van der Waals surface area contributed by atoms with Crippen LogP contribution in [0.3, 0.4) is 0 Å². The van der Waals surface area contributed by atoms with Crippen LogP contribution in [-0.2, 0) is 12.8 Å². The second-order valence-electron chi connectivity index (χ2n) is 5.90. The van der Waals surface area contributed by atoms with Gasteiger partial charge in [0.25, 0.3) is 0 Å². The molecule has 0 N–H and O–H groups in total. The van der Waals surface area contributed by atoms with E-state index in [2.05, 4.69) is 25.8 Å². The van der Waals surface area contributed by atoms with Crippen molar-refractivity contribution in [2.45, 2.75) is 40.0 Å². The van der Waals surface area contributed by atoms with E-state index in [-0.39, 0.29) is 0 Å². The number of halogens is 1. The maximum absolute atomic E-state index is 10.9. The normalized spacial score (nSPS) is 19.9. The fraction of sp³-hybridized carbons (Fsp3) is 0.571. The van der Waals surface area contributed by atoms with Crippen LogP contribution in [0.2, 0.25) is 5.15 Å². The van der Waals surface area contributed by atoms with Crippen LogP contribution in [0.4, 0.5) is 0 Å². The van der Waals surface area contributed by atoms with Crippen LogP contribution in [0.1, 0.15) is 48.8 Å². The molecule has 17 heavy (non-hydrogen) atoms. The van der Waals surface area contributed by atoms with Crippen LogP contribution >= 0.6 is 11.6 Å². The summed E-state index contributed by atoms with van der Waals surface area (Å²) < 4.78 is 0. The molecule has 2 nitrogen and oxygen atoms in total. The number of nitrogens with zero attached hydrogens (tertiary/aromatic N) is 1. The van der Waals surface area contributed by atoms with Gasteiger partial charge in [0.15, 0.2) is 6.29 Å². The first-order valence-electron chi connectivity index (χ1n) is 6.05. The minimum atomic E-state index is 0.304. The Labute approximate surface area is 107 Å². The third kappa shape index (κ3) is 2.52. The van der Waals surface area contributed by atoms with E-state index in [1.807, 2.05) is 6.07 Å². The van der Waals surface area contributed by atoms with Gasteiger partial charge < -0.3 is 0 Å². The molecule has 0 fully saturated rings. The number of aldehydes is 1. The molecule has 1 aliphatic rings. The zero-order valence-electron chi connectivity index (χ0n) is 10.6. The highest BCUT2D eigenvalue weighted by atomic mass is 35.5. The summed E-state index contributed by atoms with van der Waals surface area (Å²) in [4.78, 5) is 15.2. The molecule has 92 valence electrons. The van der Waals surface area contributed by atoms with Crippen LogP contribution in [0.25, 0.3) is 0 Å². The summed E-state index contributed by atoms with van der Waals surface area (Å²) in [6.45, 7) is 6.81. The quantitative estimate of drug-likeness (QED) is 0.563. The number of pyridine rings is 1. The molecule has 0 amide bonds. The van der Waals surface area contributed by atoms with E-state index in [0.29, 0.717) is 22.0 Å². The second kappa shape index (κ2) is 4.41. The second-order valence-corrected chi connectivity index (χ2v) is 6.26. The molecule has 0 saturated carbocycles. The maximum atomic E-state index is 10.9. The first-order valence-corrected chi connectivity index (χ1v) is 6.43. The number of aryl methyl sites for hydroxylation is 1. The van der Waals surface area contributed by atoms with Crippen molar-refractivity contribution in [2.24, 2.45) is 11.3 Å². The van der Waals surface area contributed by atoms with Gasteiger partial charge in [0, 0.05) is 5.69 Å². The van der Waals surface area contributed by atoms with Gasteiger partial charge in [0.05, 0.1) is 5.56 Å². The average Bonchev–Trinajstić information content (AvgIpc) is 2.26. The predicted octanol–water partition coefficient (Wildman–Crippen LogP) is 3.70. The van der Waals surface area contributed by atoms with Crippen LogP contribution in [-0.4, -0.2) is 11.3 Å². The van der Waals surface area contributed by atoms with Gasteiger partial charge in [-0.25, -0.2) is 4.98 Å². The standard InChI is InChI=1S/C14H18ClNO/c1-14(2,3)11-4-5-12-9(7-11)6-10(8-17)13(15)16-12/h6,8,11H,4-5,7H2,1-3H3. The Hall–Kier alpha value is -0.890. The first kappa shape index (κ1) is 12.6.